The van der Waals surface area contributed by atoms with E-state index in [0.717, 1.165) is 16.7 Å². The molecule has 4 unspecified atom stereocenters. The second-order valence-electron chi connectivity index (χ2n) is 8.87. The van der Waals surface area contributed by atoms with Crippen molar-refractivity contribution in [2.24, 2.45) is 11.8 Å². The van der Waals surface area contributed by atoms with Gasteiger partial charge in [0.15, 0.2) is 0 Å². The summed E-state index contributed by atoms with van der Waals surface area (Å²) >= 11 is 0. The third-order valence-corrected chi connectivity index (χ3v) is 6.93. The van der Waals surface area contributed by atoms with Gasteiger partial charge in [0.25, 0.3) is 0 Å². The van der Waals surface area contributed by atoms with Crippen molar-refractivity contribution in [2.75, 3.05) is 13.2 Å². The van der Waals surface area contributed by atoms with Crippen LogP contribution in [0.5, 0.6) is 0 Å². The molecule has 0 radical (unpaired) electrons. The molecule has 7 nitrogen and oxygen atoms in total. The molecule has 3 aromatic rings. The summed E-state index contributed by atoms with van der Waals surface area (Å²) in [6, 6.07) is 25.9. The summed E-state index contributed by atoms with van der Waals surface area (Å²) in [5.74, 6) is -4.49. The third-order valence-electron chi connectivity index (χ3n) is 6.93. The van der Waals surface area contributed by atoms with Gasteiger partial charge in [0.05, 0.1) is 47.8 Å². The monoisotopic (exact) mass is 503 g/mol. The Balaban J connectivity index is 2.10. The van der Waals surface area contributed by atoms with Gasteiger partial charge in [0.1, 0.15) is 12.1 Å². The van der Waals surface area contributed by atoms with Crippen LogP contribution in [0.2, 0.25) is 0 Å². The molecule has 0 aliphatic heterocycles. The van der Waals surface area contributed by atoms with E-state index in [1.165, 1.54) is 12.1 Å². The minimum Gasteiger partial charge on any atom is -0.466 e. The molecule has 7 heteroatoms. The summed E-state index contributed by atoms with van der Waals surface area (Å²) in [4.78, 5) is 27.4. The van der Waals surface area contributed by atoms with E-state index < -0.39 is 35.6 Å². The fourth-order valence-corrected chi connectivity index (χ4v) is 5.49. The lowest BCUT2D eigenvalue weighted by molar-refractivity contribution is -0.162. The lowest BCUT2D eigenvalue weighted by Gasteiger charge is -2.42. The molecule has 38 heavy (non-hydrogen) atoms. The van der Waals surface area contributed by atoms with Crippen LogP contribution < -0.4 is 0 Å². The van der Waals surface area contributed by atoms with E-state index in [4.69, 9.17) is 9.47 Å². The first kappa shape index (κ1) is 26.1. The quantitative estimate of drug-likeness (QED) is 0.437. The van der Waals surface area contributed by atoms with Gasteiger partial charge >= 0.3 is 11.9 Å². The van der Waals surface area contributed by atoms with Gasteiger partial charge in [-0.05, 0) is 48.2 Å². The fraction of sp³-hybridized carbons (Fsp3) is 0.258. The molecule has 0 aromatic heterocycles. The summed E-state index contributed by atoms with van der Waals surface area (Å²) in [6.45, 7) is 3.61. The molecule has 0 saturated carbocycles. The number of esters is 2. The van der Waals surface area contributed by atoms with E-state index in [0.29, 0.717) is 5.56 Å². The van der Waals surface area contributed by atoms with Crippen molar-refractivity contribution in [3.05, 3.63) is 106 Å². The van der Waals surface area contributed by atoms with E-state index >= 15 is 0 Å². The van der Waals surface area contributed by atoms with Crippen LogP contribution >= 0.6 is 0 Å². The molecular formula is C31H25N3O4. The van der Waals surface area contributed by atoms with Crippen molar-refractivity contribution in [3.8, 4) is 18.2 Å². The van der Waals surface area contributed by atoms with Gasteiger partial charge in [-0.3, -0.25) is 9.59 Å². The topological polar surface area (TPSA) is 124 Å². The van der Waals surface area contributed by atoms with Crippen LogP contribution in [0.15, 0.2) is 66.7 Å². The molecule has 1 aliphatic carbocycles. The van der Waals surface area contributed by atoms with E-state index in [1.807, 2.05) is 66.7 Å². The Morgan fingerprint density at radius 1 is 0.658 bits per heavy atom. The van der Waals surface area contributed by atoms with Gasteiger partial charge in [-0.25, -0.2) is 0 Å². The van der Waals surface area contributed by atoms with Crippen molar-refractivity contribution in [1.82, 2.24) is 0 Å². The highest BCUT2D eigenvalue weighted by Crippen LogP contribution is 2.53. The Hall–Kier alpha value is -4.93. The predicted octanol–water partition coefficient (Wildman–Crippen LogP) is 4.94. The Bertz CT molecular complexity index is 1490. The largest absolute Gasteiger partial charge is 0.466 e. The average molecular weight is 504 g/mol. The number of fused-ring (bicyclic) bond motifs is 1. The highest BCUT2D eigenvalue weighted by atomic mass is 16.5. The maximum atomic E-state index is 13.7. The molecule has 0 spiro atoms. The molecule has 0 bridgehead atoms. The van der Waals surface area contributed by atoms with Crippen molar-refractivity contribution >= 4 is 11.9 Å². The number of ether oxygens (including phenoxy) is 2. The van der Waals surface area contributed by atoms with Crippen LogP contribution in [-0.4, -0.2) is 25.2 Å². The number of nitriles is 3. The van der Waals surface area contributed by atoms with E-state index in [2.05, 4.69) is 6.07 Å². The molecular weight excluding hydrogens is 478 g/mol. The number of carbonyl (C=O) groups is 2. The van der Waals surface area contributed by atoms with Gasteiger partial charge < -0.3 is 9.47 Å². The number of carbonyl (C=O) groups excluding carboxylic acids is 2. The van der Waals surface area contributed by atoms with E-state index in [-0.39, 0.29) is 29.9 Å². The highest BCUT2D eigenvalue weighted by molar-refractivity contribution is 5.86. The van der Waals surface area contributed by atoms with Gasteiger partial charge in [0, 0.05) is 11.8 Å². The van der Waals surface area contributed by atoms with Crippen molar-refractivity contribution in [2.45, 2.75) is 25.7 Å². The molecule has 1 aliphatic rings. The Labute approximate surface area is 221 Å². The van der Waals surface area contributed by atoms with Crippen LogP contribution in [0.25, 0.3) is 0 Å². The Morgan fingerprint density at radius 2 is 1.13 bits per heavy atom. The molecule has 0 saturated heterocycles. The first-order valence-electron chi connectivity index (χ1n) is 12.4. The van der Waals surface area contributed by atoms with Gasteiger partial charge in [-0.1, -0.05) is 54.6 Å². The van der Waals surface area contributed by atoms with Crippen molar-refractivity contribution < 1.29 is 19.1 Å². The van der Waals surface area contributed by atoms with Crippen LogP contribution in [-0.2, 0) is 19.1 Å². The summed E-state index contributed by atoms with van der Waals surface area (Å²) in [6.07, 6.45) is 0. The van der Waals surface area contributed by atoms with E-state index in [1.54, 1.807) is 13.8 Å². The standard InChI is InChI=1S/C31H25N3O4/c1-3-37-30(35)28-26(19-10-6-5-7-11-19)23-12-8-9-13-24(23)27(29(28)31(36)38-4-2)25-15-21(17-33)20(16-32)14-22(25)18-34/h5-15,26-29H,3-4H2,1-2H3. The second-order valence-corrected chi connectivity index (χ2v) is 8.87. The lowest BCUT2D eigenvalue weighted by atomic mass is 9.59. The maximum absolute atomic E-state index is 13.7. The number of hydrogen-bond donors (Lipinski definition) is 0. The van der Waals surface area contributed by atoms with Gasteiger partial charge in [-0.15, -0.1) is 0 Å². The van der Waals surface area contributed by atoms with Crippen LogP contribution in [0.3, 0.4) is 0 Å². The summed E-state index contributed by atoms with van der Waals surface area (Å²) in [5.41, 5.74) is 3.07. The average Bonchev–Trinajstić information content (AvgIpc) is 2.95. The minimum atomic E-state index is -1.05. The van der Waals surface area contributed by atoms with Crippen LogP contribution in [0.1, 0.15) is 64.6 Å². The van der Waals surface area contributed by atoms with Gasteiger partial charge in [0.2, 0.25) is 0 Å². The number of nitrogens with zero attached hydrogens (tertiary/aromatic N) is 3. The Kier molecular flexibility index (Phi) is 7.86. The molecule has 0 fully saturated rings. The summed E-state index contributed by atoms with van der Waals surface area (Å²) < 4.78 is 11.0. The lowest BCUT2D eigenvalue weighted by Crippen LogP contribution is -2.44. The third kappa shape index (κ3) is 4.61. The normalized spacial score (nSPS) is 19.7. The SMILES string of the molecule is CCOC(=O)C1C(c2ccccc2)c2ccccc2C(c2cc(C#N)c(C#N)cc2C#N)C1C(=O)OCC. The second kappa shape index (κ2) is 11.4. The smallest absolute Gasteiger partial charge is 0.310 e. The molecule has 0 amide bonds. The predicted molar refractivity (Wildman–Crippen MR) is 137 cm³/mol. The number of hydrogen-bond acceptors (Lipinski definition) is 7. The van der Waals surface area contributed by atoms with Crippen LogP contribution in [0, 0.1) is 45.8 Å². The first-order chi connectivity index (χ1) is 18.5. The zero-order chi connectivity index (χ0) is 27.2. The first-order valence-corrected chi connectivity index (χ1v) is 12.4. The Morgan fingerprint density at radius 3 is 1.66 bits per heavy atom. The fourth-order valence-electron chi connectivity index (χ4n) is 5.49. The van der Waals surface area contributed by atoms with Crippen molar-refractivity contribution in [3.63, 3.8) is 0 Å². The minimum absolute atomic E-state index is 0.0636. The zero-order valence-electron chi connectivity index (χ0n) is 21.0. The van der Waals surface area contributed by atoms with Crippen molar-refractivity contribution in [1.29, 1.82) is 15.8 Å². The molecule has 4 rings (SSSR count). The molecule has 3 aromatic carbocycles. The van der Waals surface area contributed by atoms with E-state index in [9.17, 15) is 25.4 Å². The summed E-state index contributed by atoms with van der Waals surface area (Å²) in [5, 5.41) is 29.3. The number of benzene rings is 3. The van der Waals surface area contributed by atoms with Gasteiger partial charge in [-0.2, -0.15) is 15.8 Å². The number of rotatable bonds is 6. The molecule has 188 valence electrons. The highest BCUT2D eigenvalue weighted by Gasteiger charge is 2.52. The summed E-state index contributed by atoms with van der Waals surface area (Å²) in [7, 11) is 0. The maximum Gasteiger partial charge on any atom is 0.310 e. The molecule has 0 heterocycles. The van der Waals surface area contributed by atoms with Crippen LogP contribution in [0.4, 0.5) is 0 Å². The molecule has 4 atom stereocenters. The zero-order valence-corrected chi connectivity index (χ0v) is 21.0. The molecule has 0 N–H and O–H groups in total.